The molecule has 0 spiro atoms. The van der Waals surface area contributed by atoms with Crippen molar-refractivity contribution >= 4 is 32.9 Å². The summed E-state index contributed by atoms with van der Waals surface area (Å²) in [6.07, 6.45) is 3.41. The summed E-state index contributed by atoms with van der Waals surface area (Å²) in [5.41, 5.74) is 0.773. The summed E-state index contributed by atoms with van der Waals surface area (Å²) in [6, 6.07) is 0. The minimum atomic E-state index is -3.53. The van der Waals surface area contributed by atoms with Gasteiger partial charge in [0.2, 0.25) is 0 Å². The number of hydrogen-bond acceptors (Lipinski definition) is 6. The van der Waals surface area contributed by atoms with Crippen LogP contribution in [0.5, 0.6) is 0 Å². The first-order valence-electron chi connectivity index (χ1n) is 6.42. The van der Waals surface area contributed by atoms with E-state index in [1.807, 2.05) is 0 Å². The van der Waals surface area contributed by atoms with Crippen molar-refractivity contribution in [3.63, 3.8) is 0 Å². The van der Waals surface area contributed by atoms with Crippen molar-refractivity contribution in [3.05, 3.63) is 16.0 Å². The maximum atomic E-state index is 12.2. The number of carbonyl (C=O) groups excluding carboxylic acids is 2. The third-order valence-corrected chi connectivity index (χ3v) is 6.17. The monoisotopic (exact) mass is 316 g/mol. The standard InChI is InChI=1S/C13H16O5S2/c1-3-18-12(15)11-8-6-4-5-7-9(14)10(8)13(19-11)20(2,16)17/h3-7H2,1-2H3. The van der Waals surface area contributed by atoms with Crippen molar-refractivity contribution in [1.82, 2.24) is 0 Å². The van der Waals surface area contributed by atoms with E-state index in [1.165, 1.54) is 0 Å². The maximum Gasteiger partial charge on any atom is 0.348 e. The average Bonchev–Trinajstić information content (AvgIpc) is 2.65. The van der Waals surface area contributed by atoms with Crippen LogP contribution in [-0.4, -0.2) is 33.0 Å². The van der Waals surface area contributed by atoms with Gasteiger partial charge >= 0.3 is 5.97 Å². The molecule has 0 radical (unpaired) electrons. The molecule has 2 rings (SSSR count). The fourth-order valence-electron chi connectivity index (χ4n) is 2.30. The first kappa shape index (κ1) is 15.2. The van der Waals surface area contributed by atoms with Gasteiger partial charge in [0.15, 0.2) is 15.6 Å². The molecule has 0 fully saturated rings. The number of ether oxygens (including phenoxy) is 1. The number of carbonyl (C=O) groups is 2. The molecule has 5 nitrogen and oxygen atoms in total. The lowest BCUT2D eigenvalue weighted by molar-refractivity contribution is 0.0531. The van der Waals surface area contributed by atoms with Crippen LogP contribution in [0.15, 0.2) is 4.21 Å². The topological polar surface area (TPSA) is 77.5 Å². The van der Waals surface area contributed by atoms with Crippen LogP contribution in [0, 0.1) is 0 Å². The van der Waals surface area contributed by atoms with E-state index in [0.29, 0.717) is 24.8 Å². The van der Waals surface area contributed by atoms with E-state index < -0.39 is 15.8 Å². The van der Waals surface area contributed by atoms with E-state index >= 15 is 0 Å². The summed E-state index contributed by atoms with van der Waals surface area (Å²) >= 11 is 0.860. The molecule has 0 N–H and O–H groups in total. The van der Waals surface area contributed by atoms with E-state index in [9.17, 15) is 18.0 Å². The van der Waals surface area contributed by atoms with E-state index in [2.05, 4.69) is 0 Å². The van der Waals surface area contributed by atoms with Crippen molar-refractivity contribution in [2.24, 2.45) is 0 Å². The SMILES string of the molecule is CCOC(=O)c1sc(S(C)(=O)=O)c2c1CCCCC2=O. The quantitative estimate of drug-likeness (QED) is 0.631. The lowest BCUT2D eigenvalue weighted by Gasteiger charge is -2.03. The number of sulfone groups is 1. The molecule has 0 saturated heterocycles. The zero-order valence-corrected chi connectivity index (χ0v) is 13.0. The van der Waals surface area contributed by atoms with E-state index in [-0.39, 0.29) is 27.0 Å². The molecule has 1 aliphatic carbocycles. The van der Waals surface area contributed by atoms with Gasteiger partial charge in [-0.25, -0.2) is 13.2 Å². The molecule has 0 aromatic carbocycles. The second kappa shape index (κ2) is 5.65. The van der Waals surface area contributed by atoms with Crippen molar-refractivity contribution in [1.29, 1.82) is 0 Å². The first-order chi connectivity index (χ1) is 9.36. The Bertz CT molecular complexity index is 655. The molecular weight excluding hydrogens is 300 g/mol. The molecule has 0 aliphatic heterocycles. The minimum Gasteiger partial charge on any atom is -0.462 e. The second-order valence-electron chi connectivity index (χ2n) is 4.70. The maximum absolute atomic E-state index is 12.2. The van der Waals surface area contributed by atoms with E-state index in [0.717, 1.165) is 24.0 Å². The third-order valence-electron chi connectivity index (χ3n) is 3.13. The highest BCUT2D eigenvalue weighted by atomic mass is 32.2. The molecule has 7 heteroatoms. The lowest BCUT2D eigenvalue weighted by atomic mass is 10.1. The Morgan fingerprint density at radius 1 is 1.30 bits per heavy atom. The highest BCUT2D eigenvalue weighted by molar-refractivity contribution is 7.92. The molecule has 0 saturated carbocycles. The summed E-state index contributed by atoms with van der Waals surface area (Å²) in [5, 5.41) is 0. The van der Waals surface area contributed by atoms with Crippen LogP contribution in [0.3, 0.4) is 0 Å². The van der Waals surface area contributed by atoms with Gasteiger partial charge in [0.05, 0.1) is 12.2 Å². The predicted molar refractivity (Wildman–Crippen MR) is 75.3 cm³/mol. The average molecular weight is 316 g/mol. The van der Waals surface area contributed by atoms with E-state index in [4.69, 9.17) is 4.74 Å². The highest BCUT2D eigenvalue weighted by Gasteiger charge is 2.32. The van der Waals surface area contributed by atoms with Gasteiger partial charge in [-0.15, -0.1) is 11.3 Å². The number of thiophene rings is 1. The van der Waals surface area contributed by atoms with Crippen LogP contribution < -0.4 is 0 Å². The van der Waals surface area contributed by atoms with Crippen molar-refractivity contribution in [2.45, 2.75) is 36.8 Å². The van der Waals surface area contributed by atoms with Crippen LogP contribution in [0.1, 0.15) is 51.8 Å². The summed E-state index contributed by atoms with van der Waals surface area (Å²) in [6.45, 7) is 1.90. The van der Waals surface area contributed by atoms with Gasteiger partial charge in [0, 0.05) is 12.7 Å². The Morgan fingerprint density at radius 2 is 1.95 bits per heavy atom. The Kier molecular flexibility index (Phi) is 4.29. The zero-order valence-electron chi connectivity index (χ0n) is 11.4. The molecule has 110 valence electrons. The van der Waals surface area contributed by atoms with Crippen LogP contribution in [0.25, 0.3) is 0 Å². The third kappa shape index (κ3) is 2.78. The fraction of sp³-hybridized carbons (Fsp3) is 0.538. The molecular formula is C13H16O5S2. The van der Waals surface area contributed by atoms with Crippen molar-refractivity contribution < 1.29 is 22.7 Å². The molecule has 1 aromatic rings. The van der Waals surface area contributed by atoms with Crippen molar-refractivity contribution in [2.75, 3.05) is 12.9 Å². The Labute approximate surface area is 121 Å². The van der Waals surface area contributed by atoms with Gasteiger partial charge in [-0.1, -0.05) is 0 Å². The molecule has 0 atom stereocenters. The van der Waals surface area contributed by atoms with Gasteiger partial charge in [0.1, 0.15) is 9.09 Å². The Morgan fingerprint density at radius 3 is 2.55 bits per heavy atom. The van der Waals surface area contributed by atoms with E-state index in [1.54, 1.807) is 6.92 Å². The molecule has 20 heavy (non-hydrogen) atoms. The first-order valence-corrected chi connectivity index (χ1v) is 9.13. The highest BCUT2D eigenvalue weighted by Crippen LogP contribution is 2.37. The van der Waals surface area contributed by atoms with Crippen LogP contribution in [0.2, 0.25) is 0 Å². The number of ketones is 1. The zero-order chi connectivity index (χ0) is 14.9. The molecule has 1 heterocycles. The van der Waals surface area contributed by atoms with Crippen LogP contribution in [0.4, 0.5) is 0 Å². The normalized spacial score (nSPS) is 15.6. The smallest absolute Gasteiger partial charge is 0.348 e. The second-order valence-corrected chi connectivity index (χ2v) is 7.93. The molecule has 1 aliphatic rings. The van der Waals surface area contributed by atoms with Gasteiger partial charge in [-0.05, 0) is 31.7 Å². The summed E-state index contributed by atoms with van der Waals surface area (Å²) in [7, 11) is -3.53. The molecule has 1 aromatic heterocycles. The summed E-state index contributed by atoms with van der Waals surface area (Å²) < 4.78 is 28.7. The fourth-order valence-corrected chi connectivity index (χ4v) is 4.76. The minimum absolute atomic E-state index is 0.00227. The predicted octanol–water partition coefficient (Wildman–Crippen LogP) is 2.24. The molecule has 0 bridgehead atoms. The molecule has 0 unspecified atom stereocenters. The van der Waals surface area contributed by atoms with Gasteiger partial charge in [-0.3, -0.25) is 4.79 Å². The van der Waals surface area contributed by atoms with Gasteiger partial charge in [0.25, 0.3) is 0 Å². The summed E-state index contributed by atoms with van der Waals surface area (Å²) in [4.78, 5) is 24.4. The summed E-state index contributed by atoms with van der Waals surface area (Å²) in [5.74, 6) is -0.733. The molecule has 0 amide bonds. The van der Waals surface area contributed by atoms with Gasteiger partial charge < -0.3 is 4.74 Å². The Hall–Kier alpha value is -1.21. The number of rotatable bonds is 3. The van der Waals surface area contributed by atoms with Crippen LogP contribution >= 0.6 is 11.3 Å². The largest absolute Gasteiger partial charge is 0.462 e. The van der Waals surface area contributed by atoms with Gasteiger partial charge in [-0.2, -0.15) is 0 Å². The number of Topliss-reactive ketones (excluding diaryl/α,β-unsaturated/α-hetero) is 1. The van der Waals surface area contributed by atoms with Crippen molar-refractivity contribution in [3.8, 4) is 0 Å². The van der Waals surface area contributed by atoms with Crippen LogP contribution in [-0.2, 0) is 21.0 Å². The lowest BCUT2D eigenvalue weighted by Crippen LogP contribution is -2.07. The Balaban J connectivity index is 2.67. The number of hydrogen-bond donors (Lipinski definition) is 0. The number of fused-ring (bicyclic) bond motifs is 1. The number of esters is 1.